The van der Waals surface area contributed by atoms with Crippen molar-refractivity contribution in [2.45, 2.75) is 18.8 Å². The lowest BCUT2D eigenvalue weighted by Gasteiger charge is -2.32. The first-order valence-electron chi connectivity index (χ1n) is 8.76. The van der Waals surface area contributed by atoms with Crippen LogP contribution in [0.4, 0.5) is 0 Å². The van der Waals surface area contributed by atoms with Crippen LogP contribution in [0.2, 0.25) is 0 Å². The van der Waals surface area contributed by atoms with Gasteiger partial charge in [-0.05, 0) is 42.5 Å². The van der Waals surface area contributed by atoms with Crippen LogP contribution in [-0.2, 0) is 0 Å². The van der Waals surface area contributed by atoms with Crippen molar-refractivity contribution in [3.05, 3.63) is 65.9 Å². The number of likely N-dealkylation sites (tertiary alicyclic amines) is 1. The zero-order valence-corrected chi connectivity index (χ0v) is 14.4. The quantitative estimate of drug-likeness (QED) is 0.780. The highest BCUT2D eigenvalue weighted by Crippen LogP contribution is 2.31. The Bertz CT molecular complexity index is 859. The standard InChI is InChI=1S/C21H22N2O2/c1-25-20-9-5-3-7-17(20)21(24)23-12-10-15(11-13-23)19-14-16-6-2-4-8-18(16)22-19/h2-9,14-15,22H,10-13H2,1H3. The summed E-state index contributed by atoms with van der Waals surface area (Å²) in [5, 5.41) is 1.25. The molecule has 4 nitrogen and oxygen atoms in total. The van der Waals surface area contributed by atoms with E-state index in [1.54, 1.807) is 7.11 Å². The number of benzene rings is 2. The molecule has 1 saturated heterocycles. The van der Waals surface area contributed by atoms with Gasteiger partial charge < -0.3 is 14.6 Å². The van der Waals surface area contributed by atoms with Gasteiger partial charge in [0.25, 0.3) is 5.91 Å². The number of carbonyl (C=O) groups excluding carboxylic acids is 1. The van der Waals surface area contributed by atoms with Crippen LogP contribution < -0.4 is 4.74 Å². The van der Waals surface area contributed by atoms with Crippen LogP contribution in [0.5, 0.6) is 5.75 Å². The molecule has 3 aromatic rings. The van der Waals surface area contributed by atoms with Gasteiger partial charge in [-0.1, -0.05) is 30.3 Å². The topological polar surface area (TPSA) is 45.3 Å². The number of hydrogen-bond acceptors (Lipinski definition) is 2. The van der Waals surface area contributed by atoms with E-state index in [1.807, 2.05) is 29.2 Å². The Labute approximate surface area is 147 Å². The molecule has 4 rings (SSSR count). The summed E-state index contributed by atoms with van der Waals surface area (Å²) in [5.74, 6) is 1.19. The van der Waals surface area contributed by atoms with E-state index in [2.05, 4.69) is 35.3 Å². The fourth-order valence-corrected chi connectivity index (χ4v) is 3.70. The highest BCUT2D eigenvalue weighted by Gasteiger charge is 2.26. The molecule has 128 valence electrons. The number of fused-ring (bicyclic) bond motifs is 1. The van der Waals surface area contributed by atoms with Crippen LogP contribution >= 0.6 is 0 Å². The van der Waals surface area contributed by atoms with E-state index >= 15 is 0 Å². The van der Waals surface area contributed by atoms with E-state index in [4.69, 9.17) is 4.74 Å². The molecule has 2 aromatic carbocycles. The number of nitrogens with one attached hydrogen (secondary N) is 1. The number of methoxy groups -OCH3 is 1. The molecule has 25 heavy (non-hydrogen) atoms. The van der Waals surface area contributed by atoms with Crippen molar-refractivity contribution in [3.8, 4) is 5.75 Å². The first-order valence-corrected chi connectivity index (χ1v) is 8.76. The smallest absolute Gasteiger partial charge is 0.257 e. The van der Waals surface area contributed by atoms with Gasteiger partial charge in [0.2, 0.25) is 0 Å². The summed E-state index contributed by atoms with van der Waals surface area (Å²) in [7, 11) is 1.61. The van der Waals surface area contributed by atoms with Gasteiger partial charge in [0.15, 0.2) is 0 Å². The van der Waals surface area contributed by atoms with Crippen molar-refractivity contribution in [2.24, 2.45) is 0 Å². The summed E-state index contributed by atoms with van der Waals surface area (Å²) >= 11 is 0. The molecule has 1 fully saturated rings. The molecule has 0 radical (unpaired) electrons. The van der Waals surface area contributed by atoms with Crippen molar-refractivity contribution < 1.29 is 9.53 Å². The Balaban J connectivity index is 1.46. The highest BCUT2D eigenvalue weighted by molar-refractivity contribution is 5.97. The van der Waals surface area contributed by atoms with Crippen LogP contribution in [0.15, 0.2) is 54.6 Å². The monoisotopic (exact) mass is 334 g/mol. The largest absolute Gasteiger partial charge is 0.496 e. The number of nitrogens with zero attached hydrogens (tertiary/aromatic N) is 1. The van der Waals surface area contributed by atoms with Gasteiger partial charge in [-0.15, -0.1) is 0 Å². The average Bonchev–Trinajstić information content (AvgIpc) is 3.12. The lowest BCUT2D eigenvalue weighted by Crippen LogP contribution is -2.38. The molecule has 0 spiro atoms. The predicted octanol–water partition coefficient (Wildman–Crippen LogP) is 4.20. The predicted molar refractivity (Wildman–Crippen MR) is 99.2 cm³/mol. The summed E-state index contributed by atoms with van der Waals surface area (Å²) in [6.07, 6.45) is 1.96. The first-order chi connectivity index (χ1) is 12.3. The first kappa shape index (κ1) is 15.8. The minimum atomic E-state index is 0.0625. The van der Waals surface area contributed by atoms with E-state index in [-0.39, 0.29) is 5.91 Å². The van der Waals surface area contributed by atoms with Gasteiger partial charge in [-0.2, -0.15) is 0 Å². The number of ether oxygens (including phenoxy) is 1. The number of aromatic amines is 1. The zero-order valence-electron chi connectivity index (χ0n) is 14.4. The van der Waals surface area contributed by atoms with Crippen LogP contribution in [-0.4, -0.2) is 36.0 Å². The van der Waals surface area contributed by atoms with E-state index in [0.717, 1.165) is 25.9 Å². The summed E-state index contributed by atoms with van der Waals surface area (Å²) in [6, 6.07) is 18.1. The molecule has 1 N–H and O–H groups in total. The Hall–Kier alpha value is -2.75. The molecule has 1 aliphatic heterocycles. The molecule has 4 heteroatoms. The van der Waals surface area contributed by atoms with Gasteiger partial charge in [-0.25, -0.2) is 0 Å². The van der Waals surface area contributed by atoms with E-state index < -0.39 is 0 Å². The summed E-state index contributed by atoms with van der Waals surface area (Å²) in [6.45, 7) is 1.55. The number of piperidine rings is 1. The molecule has 0 saturated carbocycles. The van der Waals surface area contributed by atoms with Gasteiger partial charge in [0.05, 0.1) is 12.7 Å². The number of rotatable bonds is 3. The number of para-hydroxylation sites is 2. The summed E-state index contributed by atoms with van der Waals surface area (Å²) in [5.41, 5.74) is 3.12. The molecule has 0 atom stereocenters. The van der Waals surface area contributed by atoms with E-state index in [0.29, 0.717) is 17.2 Å². The molecular weight excluding hydrogens is 312 g/mol. The van der Waals surface area contributed by atoms with Crippen LogP contribution in [0, 0.1) is 0 Å². The minimum absolute atomic E-state index is 0.0625. The fourth-order valence-electron chi connectivity index (χ4n) is 3.70. The number of carbonyl (C=O) groups is 1. The van der Waals surface area contributed by atoms with Gasteiger partial charge in [0, 0.05) is 30.2 Å². The zero-order chi connectivity index (χ0) is 17.2. The highest BCUT2D eigenvalue weighted by atomic mass is 16.5. The lowest BCUT2D eigenvalue weighted by molar-refractivity contribution is 0.0709. The van der Waals surface area contributed by atoms with Crippen molar-refractivity contribution >= 4 is 16.8 Å². The molecule has 2 heterocycles. The summed E-state index contributed by atoms with van der Waals surface area (Å²) in [4.78, 5) is 18.3. The lowest BCUT2D eigenvalue weighted by atomic mass is 9.93. The molecular formula is C21H22N2O2. The maximum atomic E-state index is 12.8. The fraction of sp³-hybridized carbons (Fsp3) is 0.286. The normalized spacial score (nSPS) is 15.5. The number of hydrogen-bond donors (Lipinski definition) is 1. The van der Waals surface area contributed by atoms with E-state index in [9.17, 15) is 4.79 Å². The number of H-pyrrole nitrogens is 1. The number of aromatic nitrogens is 1. The van der Waals surface area contributed by atoms with Crippen molar-refractivity contribution in [3.63, 3.8) is 0 Å². The second-order valence-corrected chi connectivity index (χ2v) is 6.58. The summed E-state index contributed by atoms with van der Waals surface area (Å²) < 4.78 is 5.33. The second kappa shape index (κ2) is 6.63. The SMILES string of the molecule is COc1ccccc1C(=O)N1CCC(c2cc3ccccc3[nH]2)CC1. The van der Waals surface area contributed by atoms with Crippen molar-refractivity contribution in [1.29, 1.82) is 0 Å². The third-order valence-corrected chi connectivity index (χ3v) is 5.11. The third-order valence-electron chi connectivity index (χ3n) is 5.11. The van der Waals surface area contributed by atoms with Crippen molar-refractivity contribution in [1.82, 2.24) is 9.88 Å². The molecule has 1 amide bonds. The van der Waals surface area contributed by atoms with Gasteiger partial charge >= 0.3 is 0 Å². The Morgan fingerprint density at radius 2 is 1.80 bits per heavy atom. The average molecular weight is 334 g/mol. The molecule has 0 aliphatic carbocycles. The molecule has 0 unspecified atom stereocenters. The Morgan fingerprint density at radius 1 is 1.08 bits per heavy atom. The minimum Gasteiger partial charge on any atom is -0.496 e. The number of amides is 1. The van der Waals surface area contributed by atoms with E-state index in [1.165, 1.54) is 16.6 Å². The Morgan fingerprint density at radius 3 is 2.56 bits per heavy atom. The maximum absolute atomic E-state index is 12.8. The van der Waals surface area contributed by atoms with Gasteiger partial charge in [-0.3, -0.25) is 4.79 Å². The van der Waals surface area contributed by atoms with Crippen LogP contribution in [0.3, 0.4) is 0 Å². The van der Waals surface area contributed by atoms with Crippen LogP contribution in [0.25, 0.3) is 10.9 Å². The maximum Gasteiger partial charge on any atom is 0.257 e. The van der Waals surface area contributed by atoms with Crippen LogP contribution in [0.1, 0.15) is 34.8 Å². The molecule has 0 bridgehead atoms. The Kier molecular flexibility index (Phi) is 4.18. The van der Waals surface area contributed by atoms with Gasteiger partial charge in [0.1, 0.15) is 5.75 Å². The van der Waals surface area contributed by atoms with Crippen molar-refractivity contribution in [2.75, 3.05) is 20.2 Å². The third kappa shape index (κ3) is 3.00. The second-order valence-electron chi connectivity index (χ2n) is 6.58. The molecule has 1 aromatic heterocycles. The molecule has 1 aliphatic rings.